The number of piperazine rings is 1. The Balaban J connectivity index is 1.15. The van der Waals surface area contributed by atoms with E-state index in [1.807, 2.05) is 24.3 Å². The average Bonchev–Trinajstić information content (AvgIpc) is 3.34. The zero-order valence-electron chi connectivity index (χ0n) is 21.5. The number of para-hydroxylation sites is 1. The van der Waals surface area contributed by atoms with Crippen molar-refractivity contribution in [3.8, 4) is 23.0 Å². The fraction of sp³-hybridized carbons (Fsp3) is 0.464. The van der Waals surface area contributed by atoms with E-state index in [2.05, 4.69) is 40.1 Å². The molecule has 0 radical (unpaired) electrons. The molecule has 1 fully saturated rings. The molecule has 3 heterocycles. The number of benzene rings is 2. The van der Waals surface area contributed by atoms with E-state index >= 15 is 0 Å². The van der Waals surface area contributed by atoms with E-state index in [-0.39, 0.29) is 12.0 Å². The largest absolute Gasteiger partial charge is 0.496 e. The summed E-state index contributed by atoms with van der Waals surface area (Å²) in [4.78, 5) is 10.9. The molecule has 0 saturated carbocycles. The van der Waals surface area contributed by atoms with Crippen molar-refractivity contribution >= 4 is 11.3 Å². The van der Waals surface area contributed by atoms with E-state index in [4.69, 9.17) is 23.8 Å². The van der Waals surface area contributed by atoms with Crippen LogP contribution in [0.15, 0.2) is 47.6 Å². The van der Waals surface area contributed by atoms with Crippen molar-refractivity contribution < 1.29 is 23.8 Å². The second-order valence-electron chi connectivity index (χ2n) is 9.43. The third-order valence-electron chi connectivity index (χ3n) is 7.36. The van der Waals surface area contributed by atoms with Crippen LogP contribution in [0.2, 0.25) is 0 Å². The van der Waals surface area contributed by atoms with Gasteiger partial charge in [-0.15, -0.1) is 0 Å². The lowest BCUT2D eigenvalue weighted by molar-refractivity contribution is 0.0103. The van der Waals surface area contributed by atoms with E-state index in [9.17, 15) is 0 Å². The Hall–Kier alpha value is -3.23. The maximum Gasteiger partial charge on any atom is 0.164 e. The van der Waals surface area contributed by atoms with E-state index in [1.165, 1.54) is 5.57 Å². The van der Waals surface area contributed by atoms with Gasteiger partial charge in [0, 0.05) is 56.5 Å². The van der Waals surface area contributed by atoms with Crippen molar-refractivity contribution in [3.05, 3.63) is 53.6 Å². The van der Waals surface area contributed by atoms with Crippen molar-refractivity contribution in [2.45, 2.75) is 13.0 Å². The summed E-state index contributed by atoms with van der Waals surface area (Å²) in [6, 6.07) is 12.0. The highest BCUT2D eigenvalue weighted by molar-refractivity contribution is 6.06. The number of allylic oxidation sites excluding steroid dienone is 1. The van der Waals surface area contributed by atoms with Crippen LogP contribution >= 0.6 is 0 Å². The van der Waals surface area contributed by atoms with Gasteiger partial charge in [-0.1, -0.05) is 29.4 Å². The van der Waals surface area contributed by atoms with Gasteiger partial charge in [0.15, 0.2) is 17.6 Å². The Morgan fingerprint density at radius 2 is 1.67 bits per heavy atom. The fourth-order valence-corrected chi connectivity index (χ4v) is 5.15. The first-order valence-electron chi connectivity index (χ1n) is 12.5. The molecule has 2 aromatic rings. The summed E-state index contributed by atoms with van der Waals surface area (Å²) >= 11 is 0. The molecule has 0 N–H and O–H groups in total. The summed E-state index contributed by atoms with van der Waals surface area (Å²) in [6.45, 7) is 8.54. The molecule has 0 aliphatic carbocycles. The Morgan fingerprint density at radius 3 is 2.42 bits per heavy atom. The molecule has 2 aromatic carbocycles. The van der Waals surface area contributed by atoms with Gasteiger partial charge in [0.2, 0.25) is 0 Å². The molecule has 3 aliphatic heterocycles. The van der Waals surface area contributed by atoms with Crippen molar-refractivity contribution in [2.24, 2.45) is 11.1 Å². The highest BCUT2D eigenvalue weighted by Crippen LogP contribution is 2.41. The van der Waals surface area contributed by atoms with Gasteiger partial charge in [0.05, 0.1) is 27.2 Å². The number of rotatable bonds is 8. The molecule has 0 unspecified atom stereocenters. The van der Waals surface area contributed by atoms with Crippen LogP contribution in [0.25, 0.3) is 5.57 Å². The normalized spacial score (nSPS) is 22.1. The number of hydrogen-bond acceptors (Lipinski definition) is 8. The van der Waals surface area contributed by atoms with Crippen LogP contribution in [0.1, 0.15) is 18.1 Å². The zero-order valence-corrected chi connectivity index (χ0v) is 21.5. The summed E-state index contributed by atoms with van der Waals surface area (Å²) in [5.74, 6) is 3.10. The minimum absolute atomic E-state index is 0.0134. The number of methoxy groups -OCH3 is 3. The van der Waals surface area contributed by atoms with E-state index in [1.54, 1.807) is 21.3 Å². The minimum Gasteiger partial charge on any atom is -0.496 e. The van der Waals surface area contributed by atoms with E-state index in [0.29, 0.717) is 18.1 Å². The zero-order chi connectivity index (χ0) is 25.1. The SMILES string of the molecule is COc1cc2c(cc1OC)C1=NO[C@@H](CN3CCN(C/C=C(\C)c4ccccc4OC)CC3)[C@@H]1CO2. The molecule has 8 heteroatoms. The van der Waals surface area contributed by atoms with Crippen LogP contribution in [0.5, 0.6) is 23.0 Å². The fourth-order valence-electron chi connectivity index (χ4n) is 5.15. The molecular formula is C28H35N3O5. The average molecular weight is 494 g/mol. The first-order chi connectivity index (χ1) is 17.6. The van der Waals surface area contributed by atoms with Gasteiger partial charge in [-0.05, 0) is 24.6 Å². The van der Waals surface area contributed by atoms with Gasteiger partial charge in [-0.2, -0.15) is 0 Å². The second-order valence-corrected chi connectivity index (χ2v) is 9.43. The lowest BCUT2D eigenvalue weighted by atomic mass is 9.90. The number of fused-ring (bicyclic) bond motifs is 3. The number of oxime groups is 1. The lowest BCUT2D eigenvalue weighted by Crippen LogP contribution is -2.50. The monoisotopic (exact) mass is 493 g/mol. The Labute approximate surface area is 213 Å². The molecule has 0 bridgehead atoms. The molecular weight excluding hydrogens is 458 g/mol. The Kier molecular flexibility index (Phi) is 7.34. The molecule has 0 spiro atoms. The van der Waals surface area contributed by atoms with Crippen LogP contribution in [-0.2, 0) is 4.84 Å². The number of nitrogens with zero attached hydrogens (tertiary/aromatic N) is 3. The van der Waals surface area contributed by atoms with Crippen LogP contribution < -0.4 is 18.9 Å². The maximum absolute atomic E-state index is 6.08. The second kappa shape index (κ2) is 10.8. The van der Waals surface area contributed by atoms with Crippen LogP contribution in [-0.4, -0.2) is 88.8 Å². The maximum atomic E-state index is 6.08. The third-order valence-corrected chi connectivity index (χ3v) is 7.36. The molecule has 1 saturated heterocycles. The summed E-state index contributed by atoms with van der Waals surface area (Å²) < 4.78 is 22.5. The summed E-state index contributed by atoms with van der Waals surface area (Å²) in [7, 11) is 4.98. The lowest BCUT2D eigenvalue weighted by Gasteiger charge is -2.36. The Bertz CT molecular complexity index is 1140. The first-order valence-corrected chi connectivity index (χ1v) is 12.5. The number of ether oxygens (including phenoxy) is 4. The third kappa shape index (κ3) is 4.88. The smallest absolute Gasteiger partial charge is 0.164 e. The predicted molar refractivity (Wildman–Crippen MR) is 139 cm³/mol. The van der Waals surface area contributed by atoms with Gasteiger partial charge in [-0.3, -0.25) is 9.80 Å². The van der Waals surface area contributed by atoms with Gasteiger partial charge >= 0.3 is 0 Å². The molecule has 3 aliphatic rings. The standard InChI is InChI=1S/C28H35N3O5/c1-19(20-7-5-6-8-23(20)32-2)9-10-30-11-13-31(14-12-30)17-27-22-18-35-24-16-26(34-4)25(33-3)15-21(24)28(22)29-36-27/h5-9,15-16,22,27H,10-14,17-18H2,1-4H3/b19-9+/t22-,27-/m0/s1. The van der Waals surface area contributed by atoms with Crippen molar-refractivity contribution in [3.63, 3.8) is 0 Å². The van der Waals surface area contributed by atoms with Gasteiger partial charge in [0.1, 0.15) is 23.8 Å². The van der Waals surface area contributed by atoms with E-state index < -0.39 is 0 Å². The molecule has 0 aromatic heterocycles. The molecule has 192 valence electrons. The van der Waals surface area contributed by atoms with Crippen molar-refractivity contribution in [2.75, 3.05) is 67.2 Å². The molecule has 8 nitrogen and oxygen atoms in total. The first kappa shape index (κ1) is 24.5. The topological polar surface area (TPSA) is 65.0 Å². The van der Waals surface area contributed by atoms with Gasteiger partial charge < -0.3 is 23.8 Å². The van der Waals surface area contributed by atoms with Crippen molar-refractivity contribution in [1.82, 2.24) is 9.80 Å². The minimum atomic E-state index is -0.0134. The predicted octanol–water partition coefficient (Wildman–Crippen LogP) is 3.55. The summed E-state index contributed by atoms with van der Waals surface area (Å²) in [5.41, 5.74) is 4.26. The van der Waals surface area contributed by atoms with Crippen LogP contribution in [0.3, 0.4) is 0 Å². The molecule has 36 heavy (non-hydrogen) atoms. The molecule has 2 atom stereocenters. The van der Waals surface area contributed by atoms with Crippen molar-refractivity contribution in [1.29, 1.82) is 0 Å². The highest BCUT2D eigenvalue weighted by Gasteiger charge is 2.41. The summed E-state index contributed by atoms with van der Waals surface area (Å²) in [6.07, 6.45) is 2.29. The summed E-state index contributed by atoms with van der Waals surface area (Å²) in [5, 5.41) is 4.47. The van der Waals surface area contributed by atoms with Crippen LogP contribution in [0.4, 0.5) is 0 Å². The van der Waals surface area contributed by atoms with Gasteiger partial charge in [-0.25, -0.2) is 0 Å². The van der Waals surface area contributed by atoms with Crippen LogP contribution in [0, 0.1) is 5.92 Å². The molecule has 0 amide bonds. The number of hydrogen-bond donors (Lipinski definition) is 0. The highest BCUT2D eigenvalue weighted by atomic mass is 16.6. The quantitative estimate of drug-likeness (QED) is 0.557. The molecule has 5 rings (SSSR count). The van der Waals surface area contributed by atoms with Gasteiger partial charge in [0.25, 0.3) is 0 Å². The Morgan fingerprint density at radius 1 is 0.972 bits per heavy atom. The van der Waals surface area contributed by atoms with E-state index in [0.717, 1.165) is 67.6 Å².